The number of aromatic nitrogens is 1. The highest BCUT2D eigenvalue weighted by atomic mass is 79.9. The van der Waals surface area contributed by atoms with E-state index in [9.17, 15) is 4.79 Å². The van der Waals surface area contributed by atoms with E-state index in [-0.39, 0.29) is 18.6 Å². The van der Waals surface area contributed by atoms with Crippen LogP contribution in [-0.2, 0) is 16.1 Å². The quantitative estimate of drug-likeness (QED) is 0.813. The fourth-order valence-corrected chi connectivity index (χ4v) is 2.08. The van der Waals surface area contributed by atoms with Crippen molar-refractivity contribution in [2.45, 2.75) is 26.5 Å². The van der Waals surface area contributed by atoms with Gasteiger partial charge in [-0.25, -0.2) is 0 Å². The lowest BCUT2D eigenvalue weighted by atomic mass is 10.2. The summed E-state index contributed by atoms with van der Waals surface area (Å²) in [6, 6.07) is 7.99. The molecule has 2 rings (SSSR count). The first kappa shape index (κ1) is 12.2. The number of hydrogen-bond acceptors (Lipinski definition) is 2. The molecule has 0 aliphatic rings. The zero-order valence-electron chi connectivity index (χ0n) is 9.81. The highest BCUT2D eigenvalue weighted by molar-refractivity contribution is 9.10. The topological polar surface area (TPSA) is 31.2 Å². The molecular formula is C13H14BrNO2. The Balaban J connectivity index is 2.24. The standard InChI is InChI=1S/C13H14BrNO2/c1-9(2)17-13(16)8-15-6-5-10-3-4-11(14)7-12(10)15/h3-7,9H,8H2,1-2H3. The summed E-state index contributed by atoms with van der Waals surface area (Å²) < 4.78 is 8.03. The van der Waals surface area contributed by atoms with E-state index in [1.54, 1.807) is 0 Å². The summed E-state index contributed by atoms with van der Waals surface area (Å²) in [6.45, 7) is 3.95. The van der Waals surface area contributed by atoms with Gasteiger partial charge in [-0.2, -0.15) is 0 Å². The molecule has 3 nitrogen and oxygen atoms in total. The number of carbonyl (C=O) groups excluding carboxylic acids is 1. The fraction of sp³-hybridized carbons (Fsp3) is 0.308. The van der Waals surface area contributed by atoms with E-state index in [2.05, 4.69) is 15.9 Å². The first-order valence-electron chi connectivity index (χ1n) is 5.50. The molecule has 1 heterocycles. The number of esters is 1. The van der Waals surface area contributed by atoms with Crippen LogP contribution in [0, 0.1) is 0 Å². The number of benzene rings is 1. The van der Waals surface area contributed by atoms with E-state index >= 15 is 0 Å². The summed E-state index contributed by atoms with van der Waals surface area (Å²) >= 11 is 3.43. The Bertz CT molecular complexity index is 545. The highest BCUT2D eigenvalue weighted by Crippen LogP contribution is 2.20. The van der Waals surface area contributed by atoms with Crippen LogP contribution in [-0.4, -0.2) is 16.6 Å². The number of nitrogens with zero attached hydrogens (tertiary/aromatic N) is 1. The van der Waals surface area contributed by atoms with Crippen molar-refractivity contribution >= 4 is 32.8 Å². The van der Waals surface area contributed by atoms with Crippen molar-refractivity contribution < 1.29 is 9.53 Å². The van der Waals surface area contributed by atoms with Crippen molar-refractivity contribution in [2.75, 3.05) is 0 Å². The number of fused-ring (bicyclic) bond motifs is 1. The minimum Gasteiger partial charge on any atom is -0.462 e. The molecule has 0 spiro atoms. The maximum atomic E-state index is 11.6. The molecule has 0 fully saturated rings. The summed E-state index contributed by atoms with van der Waals surface area (Å²) in [7, 11) is 0. The minimum atomic E-state index is -0.211. The van der Waals surface area contributed by atoms with Crippen LogP contribution >= 0.6 is 15.9 Å². The third-order valence-corrected chi connectivity index (χ3v) is 2.90. The largest absolute Gasteiger partial charge is 0.462 e. The molecule has 0 saturated carbocycles. The second-order valence-electron chi connectivity index (χ2n) is 4.19. The van der Waals surface area contributed by atoms with E-state index < -0.39 is 0 Å². The summed E-state index contributed by atoms with van der Waals surface area (Å²) in [6.07, 6.45) is 1.83. The second kappa shape index (κ2) is 4.92. The molecule has 1 aromatic carbocycles. The average Bonchev–Trinajstić information content (AvgIpc) is 2.60. The molecule has 0 aliphatic carbocycles. The Morgan fingerprint density at radius 2 is 2.18 bits per heavy atom. The smallest absolute Gasteiger partial charge is 0.326 e. The van der Waals surface area contributed by atoms with Crippen molar-refractivity contribution in [3.8, 4) is 0 Å². The van der Waals surface area contributed by atoms with Crippen molar-refractivity contribution in [2.24, 2.45) is 0 Å². The molecule has 0 aliphatic heterocycles. The minimum absolute atomic E-state index is 0.0731. The van der Waals surface area contributed by atoms with E-state index in [0.29, 0.717) is 0 Å². The van der Waals surface area contributed by atoms with Gasteiger partial charge < -0.3 is 9.30 Å². The van der Waals surface area contributed by atoms with E-state index in [0.717, 1.165) is 15.4 Å². The van der Waals surface area contributed by atoms with Gasteiger partial charge in [-0.05, 0) is 37.4 Å². The van der Waals surface area contributed by atoms with Crippen LogP contribution in [0.15, 0.2) is 34.9 Å². The molecule has 90 valence electrons. The molecule has 0 bridgehead atoms. The third-order valence-electron chi connectivity index (χ3n) is 2.40. The summed E-state index contributed by atoms with van der Waals surface area (Å²) in [5, 5.41) is 1.12. The first-order valence-corrected chi connectivity index (χ1v) is 6.29. The Morgan fingerprint density at radius 1 is 1.41 bits per heavy atom. The van der Waals surface area contributed by atoms with Gasteiger partial charge in [0, 0.05) is 16.2 Å². The Kier molecular flexibility index (Phi) is 3.52. The van der Waals surface area contributed by atoms with Crippen LogP contribution < -0.4 is 0 Å². The average molecular weight is 296 g/mol. The maximum Gasteiger partial charge on any atom is 0.326 e. The molecule has 0 atom stereocenters. The van der Waals surface area contributed by atoms with E-state index in [1.807, 2.05) is 48.9 Å². The van der Waals surface area contributed by atoms with Crippen molar-refractivity contribution in [1.82, 2.24) is 4.57 Å². The normalized spacial score (nSPS) is 11.1. The number of carbonyl (C=O) groups is 1. The molecular weight excluding hydrogens is 282 g/mol. The molecule has 0 N–H and O–H groups in total. The third kappa shape index (κ3) is 2.88. The molecule has 0 radical (unpaired) electrons. The summed E-state index contributed by atoms with van der Waals surface area (Å²) in [5.74, 6) is -0.211. The number of hydrogen-bond donors (Lipinski definition) is 0. The molecule has 1 aromatic heterocycles. The predicted molar refractivity (Wildman–Crippen MR) is 70.9 cm³/mol. The Labute approximate surface area is 108 Å². The number of rotatable bonds is 3. The van der Waals surface area contributed by atoms with Gasteiger partial charge in [0.2, 0.25) is 0 Å². The first-order chi connectivity index (χ1) is 8.06. The number of ether oxygens (including phenoxy) is 1. The highest BCUT2D eigenvalue weighted by Gasteiger charge is 2.09. The SMILES string of the molecule is CC(C)OC(=O)Cn1ccc2ccc(Br)cc21. The van der Waals surface area contributed by atoms with Gasteiger partial charge in [0.05, 0.1) is 6.10 Å². The maximum absolute atomic E-state index is 11.6. The van der Waals surface area contributed by atoms with Gasteiger partial charge in [0.15, 0.2) is 0 Å². The van der Waals surface area contributed by atoms with Crippen molar-refractivity contribution in [3.63, 3.8) is 0 Å². The zero-order chi connectivity index (χ0) is 12.4. The summed E-state index contributed by atoms with van der Waals surface area (Å²) in [4.78, 5) is 11.6. The van der Waals surface area contributed by atoms with Crippen LogP contribution in [0.5, 0.6) is 0 Å². The lowest BCUT2D eigenvalue weighted by Gasteiger charge is -2.09. The predicted octanol–water partition coefficient (Wildman–Crippen LogP) is 3.36. The molecule has 4 heteroatoms. The van der Waals surface area contributed by atoms with E-state index in [4.69, 9.17) is 4.74 Å². The van der Waals surface area contributed by atoms with Crippen LogP contribution in [0.25, 0.3) is 10.9 Å². The molecule has 2 aromatic rings. The Morgan fingerprint density at radius 3 is 2.88 bits per heavy atom. The van der Waals surface area contributed by atoms with Crippen molar-refractivity contribution in [1.29, 1.82) is 0 Å². The molecule has 0 saturated heterocycles. The van der Waals surface area contributed by atoms with Gasteiger partial charge in [-0.1, -0.05) is 22.0 Å². The Hall–Kier alpha value is -1.29. The van der Waals surface area contributed by atoms with Gasteiger partial charge in [-0.15, -0.1) is 0 Å². The molecule has 17 heavy (non-hydrogen) atoms. The van der Waals surface area contributed by atoms with Gasteiger partial charge in [0.25, 0.3) is 0 Å². The lowest BCUT2D eigenvalue weighted by molar-refractivity contribution is -0.148. The number of halogens is 1. The molecule has 0 unspecified atom stereocenters. The van der Waals surface area contributed by atoms with Gasteiger partial charge >= 0.3 is 5.97 Å². The zero-order valence-corrected chi connectivity index (χ0v) is 11.4. The van der Waals surface area contributed by atoms with Crippen molar-refractivity contribution in [3.05, 3.63) is 34.9 Å². The van der Waals surface area contributed by atoms with Gasteiger partial charge in [0.1, 0.15) is 6.54 Å². The molecule has 0 amide bonds. The second-order valence-corrected chi connectivity index (χ2v) is 5.10. The fourth-order valence-electron chi connectivity index (χ4n) is 1.73. The summed E-state index contributed by atoms with van der Waals surface area (Å²) in [5.41, 5.74) is 1.03. The van der Waals surface area contributed by atoms with Crippen LogP contribution in [0.3, 0.4) is 0 Å². The van der Waals surface area contributed by atoms with Crippen LogP contribution in [0.4, 0.5) is 0 Å². The van der Waals surface area contributed by atoms with E-state index in [1.165, 1.54) is 0 Å². The monoisotopic (exact) mass is 295 g/mol. The van der Waals surface area contributed by atoms with Crippen LogP contribution in [0.2, 0.25) is 0 Å². The van der Waals surface area contributed by atoms with Gasteiger partial charge in [-0.3, -0.25) is 4.79 Å². The van der Waals surface area contributed by atoms with Crippen LogP contribution in [0.1, 0.15) is 13.8 Å². The lowest BCUT2D eigenvalue weighted by Crippen LogP contribution is -2.16.